The zero-order valence-electron chi connectivity index (χ0n) is 7.55. The van der Waals surface area contributed by atoms with Crippen LogP contribution >= 0.6 is 0 Å². The molecule has 0 amide bonds. The van der Waals surface area contributed by atoms with Crippen LogP contribution in [0.3, 0.4) is 0 Å². The Hall–Kier alpha value is -2.43. The van der Waals surface area contributed by atoms with E-state index in [0.717, 1.165) is 0 Å². The maximum Gasteiger partial charge on any atom is 0.365 e. The number of alkyl halides is 2. The van der Waals surface area contributed by atoms with E-state index in [-0.39, 0.29) is 6.29 Å². The third kappa shape index (κ3) is 1.98. The molecule has 0 fully saturated rings. The van der Waals surface area contributed by atoms with Crippen molar-refractivity contribution in [2.75, 3.05) is 0 Å². The van der Waals surface area contributed by atoms with Gasteiger partial charge in [-0.3, -0.25) is 4.79 Å². The van der Waals surface area contributed by atoms with E-state index in [9.17, 15) is 23.7 Å². The minimum Gasteiger partial charge on any atom is -0.358 e. The number of hydrogen-bond donors (Lipinski definition) is 0. The van der Waals surface area contributed by atoms with E-state index in [0.29, 0.717) is 6.07 Å². The van der Waals surface area contributed by atoms with Crippen LogP contribution < -0.4 is 0 Å². The maximum absolute atomic E-state index is 12.5. The normalized spacial score (nSPS) is 9.88. The van der Waals surface area contributed by atoms with Crippen LogP contribution in [0.5, 0.6) is 0 Å². The maximum atomic E-state index is 12.5. The molecule has 82 valence electrons. The first-order valence-electron chi connectivity index (χ1n) is 3.84. The number of nitriles is 1. The van der Waals surface area contributed by atoms with E-state index in [2.05, 4.69) is 4.98 Å². The molecule has 0 bridgehead atoms. The van der Waals surface area contributed by atoms with Crippen LogP contribution in [0.2, 0.25) is 0 Å². The van der Waals surface area contributed by atoms with Gasteiger partial charge in [-0.05, 0) is 9.91 Å². The van der Waals surface area contributed by atoms with E-state index in [1.165, 1.54) is 6.07 Å². The molecule has 0 radical (unpaired) electrons. The van der Waals surface area contributed by atoms with E-state index in [4.69, 9.17) is 5.26 Å². The highest BCUT2D eigenvalue weighted by atomic mass is 19.3. The molecule has 0 aliphatic carbocycles. The summed E-state index contributed by atoms with van der Waals surface area (Å²) >= 11 is 0. The van der Waals surface area contributed by atoms with E-state index < -0.39 is 34.0 Å². The number of nitro groups is 1. The molecule has 1 aromatic rings. The molecular weight excluding hydrogens is 224 g/mol. The zero-order chi connectivity index (χ0) is 12.3. The van der Waals surface area contributed by atoms with Crippen molar-refractivity contribution in [3.63, 3.8) is 0 Å². The van der Waals surface area contributed by atoms with E-state index in [1.807, 2.05) is 0 Å². The summed E-state index contributed by atoms with van der Waals surface area (Å²) in [5, 5.41) is 18.9. The van der Waals surface area contributed by atoms with Crippen molar-refractivity contribution in [2.24, 2.45) is 0 Å². The highest BCUT2D eigenvalue weighted by molar-refractivity contribution is 5.79. The molecule has 0 aromatic carbocycles. The Bertz CT molecular complexity index is 496. The van der Waals surface area contributed by atoms with Gasteiger partial charge in [0.25, 0.3) is 12.1 Å². The lowest BCUT2D eigenvalue weighted by atomic mass is 10.1. The Morgan fingerprint density at radius 2 is 2.25 bits per heavy atom. The number of halogens is 2. The third-order valence-electron chi connectivity index (χ3n) is 1.72. The van der Waals surface area contributed by atoms with E-state index in [1.54, 1.807) is 0 Å². The Morgan fingerprint density at radius 3 is 2.62 bits per heavy atom. The van der Waals surface area contributed by atoms with Crippen molar-refractivity contribution < 1.29 is 18.5 Å². The van der Waals surface area contributed by atoms with Gasteiger partial charge >= 0.3 is 5.82 Å². The molecule has 0 saturated heterocycles. The number of hydrogen-bond acceptors (Lipinski definition) is 5. The number of aldehydes is 1. The fraction of sp³-hybridized carbons (Fsp3) is 0.125. The van der Waals surface area contributed by atoms with Gasteiger partial charge in [0.1, 0.15) is 6.07 Å². The summed E-state index contributed by atoms with van der Waals surface area (Å²) in [5.74, 6) is -0.817. The first-order chi connectivity index (χ1) is 7.51. The largest absolute Gasteiger partial charge is 0.365 e. The lowest BCUT2D eigenvalue weighted by Crippen LogP contribution is -2.04. The topological polar surface area (TPSA) is 96.9 Å². The molecule has 0 spiro atoms. The van der Waals surface area contributed by atoms with Crippen molar-refractivity contribution in [1.29, 1.82) is 5.26 Å². The number of carbonyl (C=O) groups is 1. The molecule has 0 saturated carbocycles. The van der Waals surface area contributed by atoms with Crippen LogP contribution in [0.1, 0.15) is 28.0 Å². The average Bonchev–Trinajstić information content (AvgIpc) is 2.26. The Morgan fingerprint density at radius 1 is 1.62 bits per heavy atom. The molecule has 16 heavy (non-hydrogen) atoms. The predicted octanol–water partition coefficient (Wildman–Crippen LogP) is 1.61. The fourth-order valence-corrected chi connectivity index (χ4v) is 1.07. The molecule has 0 atom stereocenters. The fourth-order valence-electron chi connectivity index (χ4n) is 1.07. The van der Waals surface area contributed by atoms with Crippen LogP contribution in [0, 0.1) is 21.4 Å². The summed E-state index contributed by atoms with van der Waals surface area (Å²) < 4.78 is 24.9. The van der Waals surface area contributed by atoms with Gasteiger partial charge in [0.05, 0.1) is 5.56 Å². The Balaban J connectivity index is 3.57. The Kier molecular flexibility index (Phi) is 3.20. The lowest BCUT2D eigenvalue weighted by Gasteiger charge is -2.02. The Labute approximate surface area is 87.3 Å². The summed E-state index contributed by atoms with van der Waals surface area (Å²) in [7, 11) is 0. The minimum atomic E-state index is -3.09. The summed E-state index contributed by atoms with van der Waals surface area (Å²) in [5.41, 5.74) is -2.30. The molecule has 0 aliphatic rings. The summed E-state index contributed by atoms with van der Waals surface area (Å²) in [4.78, 5) is 23.0. The van der Waals surface area contributed by atoms with Gasteiger partial charge in [-0.25, -0.2) is 8.78 Å². The lowest BCUT2D eigenvalue weighted by molar-refractivity contribution is -0.389. The molecule has 0 unspecified atom stereocenters. The van der Waals surface area contributed by atoms with Crippen molar-refractivity contribution in [3.8, 4) is 6.07 Å². The number of pyridine rings is 1. The molecule has 0 N–H and O–H groups in total. The number of aromatic nitrogens is 1. The molecule has 1 aromatic heterocycles. The summed E-state index contributed by atoms with van der Waals surface area (Å²) in [6.07, 6.45) is -3.07. The van der Waals surface area contributed by atoms with Crippen molar-refractivity contribution in [3.05, 3.63) is 33.0 Å². The quantitative estimate of drug-likeness (QED) is 0.443. The molecular formula is C8H3F2N3O3. The van der Waals surface area contributed by atoms with Gasteiger partial charge in [0, 0.05) is 11.6 Å². The third-order valence-corrected chi connectivity index (χ3v) is 1.72. The standard InChI is InChI=1S/C8H3F2N3O3/c9-8(10)7-4(3-14)1-6(13(15)16)12-5(7)2-11/h1,3,8H. The molecule has 8 heteroatoms. The van der Waals surface area contributed by atoms with Crippen molar-refractivity contribution in [2.45, 2.75) is 6.43 Å². The summed E-state index contributed by atoms with van der Waals surface area (Å²) in [6.45, 7) is 0. The highest BCUT2D eigenvalue weighted by Crippen LogP contribution is 2.27. The highest BCUT2D eigenvalue weighted by Gasteiger charge is 2.26. The molecule has 0 aliphatic heterocycles. The SMILES string of the molecule is N#Cc1nc([N+](=O)[O-])cc(C=O)c1C(F)F. The number of nitrogens with zero attached hydrogens (tertiary/aromatic N) is 3. The molecule has 6 nitrogen and oxygen atoms in total. The summed E-state index contributed by atoms with van der Waals surface area (Å²) in [6, 6.07) is 1.90. The predicted molar refractivity (Wildman–Crippen MR) is 46.0 cm³/mol. The van der Waals surface area contributed by atoms with Crippen LogP contribution in [-0.2, 0) is 0 Å². The van der Waals surface area contributed by atoms with Crippen molar-refractivity contribution in [1.82, 2.24) is 4.98 Å². The second-order valence-electron chi connectivity index (χ2n) is 2.62. The van der Waals surface area contributed by atoms with E-state index >= 15 is 0 Å². The first kappa shape index (κ1) is 11.6. The molecule has 1 rings (SSSR count). The zero-order valence-corrected chi connectivity index (χ0v) is 7.55. The van der Waals surface area contributed by atoms with Gasteiger partial charge in [-0.2, -0.15) is 5.26 Å². The minimum absolute atomic E-state index is 0.0248. The molecule has 1 heterocycles. The van der Waals surface area contributed by atoms with Crippen LogP contribution in [-0.4, -0.2) is 16.2 Å². The average molecular weight is 227 g/mol. The van der Waals surface area contributed by atoms with Crippen molar-refractivity contribution >= 4 is 12.1 Å². The second kappa shape index (κ2) is 4.39. The van der Waals surface area contributed by atoms with Gasteiger partial charge in [0.2, 0.25) is 0 Å². The first-order valence-corrected chi connectivity index (χ1v) is 3.84. The van der Waals surface area contributed by atoms with Gasteiger partial charge in [0.15, 0.2) is 6.29 Å². The second-order valence-corrected chi connectivity index (χ2v) is 2.62. The van der Waals surface area contributed by atoms with Crippen LogP contribution in [0.25, 0.3) is 0 Å². The van der Waals surface area contributed by atoms with Gasteiger partial charge in [-0.15, -0.1) is 0 Å². The van der Waals surface area contributed by atoms with Crippen LogP contribution in [0.15, 0.2) is 6.07 Å². The monoisotopic (exact) mass is 227 g/mol. The van der Waals surface area contributed by atoms with Crippen LogP contribution in [0.4, 0.5) is 14.6 Å². The van der Waals surface area contributed by atoms with Gasteiger partial charge < -0.3 is 10.1 Å². The van der Waals surface area contributed by atoms with Gasteiger partial charge in [-0.1, -0.05) is 0 Å². The smallest absolute Gasteiger partial charge is 0.358 e. The number of carbonyl (C=O) groups excluding carboxylic acids is 1. The number of rotatable bonds is 3.